The lowest BCUT2D eigenvalue weighted by atomic mass is 10.1. The minimum atomic E-state index is -0.279. The summed E-state index contributed by atoms with van der Waals surface area (Å²) in [5, 5.41) is 6.60. The molecule has 7 aromatic carbocycles. The van der Waals surface area contributed by atoms with Crippen molar-refractivity contribution in [3.63, 3.8) is 0 Å². The lowest BCUT2D eigenvalue weighted by Gasteiger charge is -2.10. The first-order chi connectivity index (χ1) is 27.9. The van der Waals surface area contributed by atoms with Crippen LogP contribution in [0.5, 0.6) is 0 Å². The van der Waals surface area contributed by atoms with Crippen LogP contribution >= 0.6 is 0 Å². The largest absolute Gasteiger partial charge is 0.452 e. The van der Waals surface area contributed by atoms with E-state index in [-0.39, 0.29) is 58.0 Å². The van der Waals surface area contributed by atoms with Gasteiger partial charge in [-0.2, -0.15) is 0 Å². The van der Waals surface area contributed by atoms with Gasteiger partial charge in [0.05, 0.1) is 40.0 Å². The molecule has 0 bridgehead atoms. The Morgan fingerprint density at radius 3 is 1.48 bits per heavy atom. The van der Waals surface area contributed by atoms with E-state index < -0.39 is 0 Å². The van der Waals surface area contributed by atoms with Gasteiger partial charge in [-0.05, 0) is 72.7 Å². The number of nitrogens with zero attached hydrogens (tertiary/aromatic N) is 4. The third-order valence-electron chi connectivity index (χ3n) is 10.5. The van der Waals surface area contributed by atoms with Crippen molar-refractivity contribution in [1.29, 1.82) is 0 Å². The lowest BCUT2D eigenvalue weighted by molar-refractivity contribution is 0.663. The predicted octanol–water partition coefficient (Wildman–Crippen LogP) is 12.3. The van der Waals surface area contributed by atoms with E-state index in [1.165, 1.54) is 0 Å². The number of pyridine rings is 1. The minimum Gasteiger partial charge on any atom is -0.452 e. The van der Waals surface area contributed by atoms with Gasteiger partial charge in [0.15, 0.2) is 11.4 Å². The second-order valence-electron chi connectivity index (χ2n) is 13.2. The summed E-state index contributed by atoms with van der Waals surface area (Å²) in [4.78, 5) is 4.61. The molecule has 0 spiro atoms. The van der Waals surface area contributed by atoms with Crippen LogP contribution in [-0.2, 0) is 0 Å². The molecule has 5 aromatic heterocycles. The molecular weight excluding hydrogens is 637 g/mol. The fourth-order valence-electron chi connectivity index (χ4n) is 8.32. The van der Waals surface area contributed by atoms with Crippen LogP contribution in [0.3, 0.4) is 0 Å². The SMILES string of the molecule is [2H]c1nc(-n2c3ccccc3c3ccccc32)c2oc3c([2H])c([2H])c(-n4c5ccccc5c5cc(-n6c7ccccc7c7ccccc76)ccc54)c([2H])c3c2c1[2H]. The molecule has 0 aliphatic rings. The van der Waals surface area contributed by atoms with E-state index in [0.717, 1.165) is 71.1 Å². The Morgan fingerprint density at radius 1 is 0.423 bits per heavy atom. The molecule has 0 atom stereocenters. The summed E-state index contributed by atoms with van der Waals surface area (Å²) in [6, 6.07) is 46.1. The molecule has 0 aliphatic carbocycles. The fraction of sp³-hybridized carbons (Fsp3) is 0. The highest BCUT2D eigenvalue weighted by Crippen LogP contribution is 2.40. The second-order valence-corrected chi connectivity index (χ2v) is 13.2. The Bertz CT molecular complexity index is 3620. The molecular formula is C47H28N4O. The molecule has 0 aliphatic heterocycles. The number of para-hydroxylation sites is 5. The molecule has 0 radical (unpaired) electrons. The molecule has 5 heterocycles. The number of hydrogen-bond donors (Lipinski definition) is 0. The zero-order valence-corrected chi connectivity index (χ0v) is 27.5. The van der Waals surface area contributed by atoms with Crippen molar-refractivity contribution in [1.82, 2.24) is 18.7 Å². The quantitative estimate of drug-likeness (QED) is 0.188. The van der Waals surface area contributed by atoms with Crippen LogP contribution in [0, 0.1) is 0 Å². The van der Waals surface area contributed by atoms with Crippen molar-refractivity contribution in [2.75, 3.05) is 0 Å². The van der Waals surface area contributed by atoms with Gasteiger partial charge in [0.2, 0.25) is 0 Å². The second kappa shape index (κ2) is 10.2. The van der Waals surface area contributed by atoms with Crippen molar-refractivity contribution in [3.05, 3.63) is 170 Å². The van der Waals surface area contributed by atoms with Gasteiger partial charge >= 0.3 is 0 Å². The smallest absolute Gasteiger partial charge is 0.181 e. The molecule has 0 unspecified atom stereocenters. The average molecular weight is 670 g/mol. The minimum absolute atomic E-state index is 0.0149. The van der Waals surface area contributed by atoms with Crippen LogP contribution in [0.25, 0.3) is 105 Å². The summed E-state index contributed by atoms with van der Waals surface area (Å²) < 4.78 is 59.3. The first kappa shape index (κ1) is 23.3. The maximum absolute atomic E-state index is 9.85. The standard InChI is InChI=1S/C47H28N4O/c1-6-16-39-31(11-1)32-12-2-7-17-40(32)49(39)29-21-23-44-37(27-29)35-15-5-8-18-41(35)50(44)30-22-24-45-38(28-30)36-25-26-48-47(46(36)52-45)51-42-19-9-3-13-33(42)34-14-4-10-20-43(34)51/h1-28H/i22D,24D,25D,26D,28D. The van der Waals surface area contributed by atoms with E-state index in [4.69, 9.17) is 7.16 Å². The van der Waals surface area contributed by atoms with Gasteiger partial charge in [-0.15, -0.1) is 0 Å². The predicted molar refractivity (Wildman–Crippen MR) is 215 cm³/mol. The zero-order valence-electron chi connectivity index (χ0n) is 32.5. The van der Waals surface area contributed by atoms with Crippen LogP contribution in [0.1, 0.15) is 6.85 Å². The molecule has 5 nitrogen and oxygen atoms in total. The number of fused-ring (bicyclic) bond motifs is 12. The first-order valence-electron chi connectivity index (χ1n) is 19.7. The lowest BCUT2D eigenvalue weighted by Crippen LogP contribution is -1.97. The van der Waals surface area contributed by atoms with Crippen LogP contribution in [-0.4, -0.2) is 18.7 Å². The summed E-state index contributed by atoms with van der Waals surface area (Å²) in [6.45, 7) is 0. The Hall–Kier alpha value is -7.11. The van der Waals surface area contributed by atoms with Crippen molar-refractivity contribution >= 4 is 87.4 Å². The summed E-state index contributed by atoms with van der Waals surface area (Å²) in [5.74, 6) is 0.293. The van der Waals surface area contributed by atoms with E-state index in [1.54, 1.807) is 0 Å². The molecule has 242 valence electrons. The third-order valence-corrected chi connectivity index (χ3v) is 10.5. The Morgan fingerprint density at radius 2 is 0.904 bits per heavy atom. The molecule has 12 rings (SSSR count). The summed E-state index contributed by atoms with van der Waals surface area (Å²) in [7, 11) is 0. The van der Waals surface area contributed by atoms with Gasteiger partial charge in [0.1, 0.15) is 5.58 Å². The Balaban J connectivity index is 1.16. The first-order valence-corrected chi connectivity index (χ1v) is 17.2. The van der Waals surface area contributed by atoms with Gasteiger partial charge in [-0.1, -0.05) is 91.0 Å². The van der Waals surface area contributed by atoms with E-state index in [0.29, 0.717) is 5.82 Å². The summed E-state index contributed by atoms with van der Waals surface area (Å²) in [6.07, 6.45) is -0.279. The molecule has 0 saturated carbocycles. The topological polar surface area (TPSA) is 40.8 Å². The van der Waals surface area contributed by atoms with E-state index in [1.807, 2.05) is 88.0 Å². The van der Waals surface area contributed by atoms with Crippen LogP contribution in [0.15, 0.2) is 174 Å². The molecule has 5 heteroatoms. The van der Waals surface area contributed by atoms with Crippen LogP contribution < -0.4 is 0 Å². The third kappa shape index (κ3) is 3.64. The Kier molecular flexibility index (Phi) is 4.58. The molecule has 12 aromatic rings. The van der Waals surface area contributed by atoms with Crippen LogP contribution in [0.2, 0.25) is 0 Å². The number of hydrogen-bond acceptors (Lipinski definition) is 2. The molecule has 0 fully saturated rings. The van der Waals surface area contributed by atoms with Crippen LogP contribution in [0.4, 0.5) is 0 Å². The van der Waals surface area contributed by atoms with Crippen molar-refractivity contribution in [3.8, 4) is 17.2 Å². The van der Waals surface area contributed by atoms with Crippen molar-refractivity contribution in [2.24, 2.45) is 0 Å². The highest BCUT2D eigenvalue weighted by molar-refractivity contribution is 6.14. The fourth-order valence-corrected chi connectivity index (χ4v) is 8.32. The number of aromatic nitrogens is 4. The highest BCUT2D eigenvalue weighted by atomic mass is 16.3. The summed E-state index contributed by atoms with van der Waals surface area (Å²) in [5.41, 5.74) is 6.80. The molecule has 52 heavy (non-hydrogen) atoms. The van der Waals surface area contributed by atoms with E-state index in [9.17, 15) is 4.11 Å². The normalized spacial score (nSPS) is 13.6. The van der Waals surface area contributed by atoms with E-state index in [2.05, 4.69) is 70.2 Å². The summed E-state index contributed by atoms with van der Waals surface area (Å²) >= 11 is 0. The number of furan rings is 1. The number of rotatable bonds is 3. The maximum Gasteiger partial charge on any atom is 0.181 e. The van der Waals surface area contributed by atoms with Gasteiger partial charge in [-0.3, -0.25) is 4.57 Å². The highest BCUT2D eigenvalue weighted by Gasteiger charge is 2.20. The maximum atomic E-state index is 9.85. The van der Waals surface area contributed by atoms with Gasteiger partial charge in [0, 0.05) is 60.6 Å². The van der Waals surface area contributed by atoms with Gasteiger partial charge in [0.25, 0.3) is 0 Å². The average Bonchev–Trinajstić information content (AvgIpc) is 3.99. The van der Waals surface area contributed by atoms with E-state index >= 15 is 0 Å². The van der Waals surface area contributed by atoms with Crippen molar-refractivity contribution < 1.29 is 11.3 Å². The molecule has 0 N–H and O–H groups in total. The molecule has 0 saturated heterocycles. The van der Waals surface area contributed by atoms with Gasteiger partial charge in [-0.25, -0.2) is 4.98 Å². The van der Waals surface area contributed by atoms with Gasteiger partial charge < -0.3 is 13.6 Å². The number of benzene rings is 7. The molecule has 0 amide bonds. The van der Waals surface area contributed by atoms with Crippen molar-refractivity contribution in [2.45, 2.75) is 0 Å². The zero-order chi connectivity index (χ0) is 38.3. The Labute approximate surface area is 303 Å². The monoisotopic (exact) mass is 669 g/mol.